The molecule has 1 aliphatic rings. The molecule has 3 aromatic rings. The van der Waals surface area contributed by atoms with Crippen molar-refractivity contribution in [2.45, 2.75) is 118 Å². The molecule has 2 aromatic carbocycles. The fourth-order valence-electron chi connectivity index (χ4n) is 6.81. The van der Waals surface area contributed by atoms with Gasteiger partial charge in [-0.1, -0.05) is 93.6 Å². The fraction of sp³-hybridized carbons (Fsp3) is 0.500. The Bertz CT molecular complexity index is 1800. The molecule has 0 fully saturated rings. The molecule has 54 heavy (non-hydrogen) atoms. The number of Topliss-reactive ketones (excluding diaryl/α,β-unsaturated/α-hetero) is 1. The van der Waals surface area contributed by atoms with Gasteiger partial charge >= 0.3 is 18.2 Å². The summed E-state index contributed by atoms with van der Waals surface area (Å²) >= 11 is 0. The Morgan fingerprint density at radius 1 is 0.852 bits per heavy atom. The zero-order valence-electron chi connectivity index (χ0n) is 33.8. The van der Waals surface area contributed by atoms with Crippen LogP contribution < -0.4 is 10.4 Å². The predicted molar refractivity (Wildman–Crippen MR) is 211 cm³/mol. The van der Waals surface area contributed by atoms with Gasteiger partial charge in [0.2, 0.25) is 0 Å². The van der Waals surface area contributed by atoms with E-state index >= 15 is 0 Å². The lowest BCUT2D eigenvalue weighted by Gasteiger charge is -2.43. The average molecular weight is 760 g/mol. The highest BCUT2D eigenvalue weighted by Crippen LogP contribution is 2.38. The molecule has 2 unspecified atom stereocenters. The molecule has 292 valence electrons. The SMILES string of the molecule is C=C(CO[Si](c1ccccc1)(c1ccccc1)C(C)(C)C)CC(C(=O)OCC)C(=O)c1c2c(nn1C(=O)OC(C)(C)C)CC(C)N(C(=O)OC(C)(C)C)C2. The summed E-state index contributed by atoms with van der Waals surface area (Å²) in [5, 5.41) is 6.39. The summed E-state index contributed by atoms with van der Waals surface area (Å²) in [4.78, 5) is 57.1. The van der Waals surface area contributed by atoms with Crippen molar-refractivity contribution in [2.75, 3.05) is 13.2 Å². The molecule has 0 saturated heterocycles. The minimum absolute atomic E-state index is 0.0288. The standard InChI is InChI=1S/C42H57N3O8Si/c1-13-50-37(47)32(24-28(2)27-51-54(42(10,11)12,30-20-16-14-17-21-30)31-22-18-15-19-23-31)36(46)35-33-26-44(38(48)52-40(4,5)6)29(3)25-34(33)43-45(35)39(49)53-41(7,8)9/h14-23,29,32H,2,13,24-27H2,1,3-12H3. The number of hydrogen-bond donors (Lipinski definition) is 0. The van der Waals surface area contributed by atoms with Crippen LogP contribution in [0.25, 0.3) is 0 Å². The summed E-state index contributed by atoms with van der Waals surface area (Å²) in [6.07, 6.45) is -1.32. The molecule has 1 amide bonds. The third-order valence-electron chi connectivity index (χ3n) is 9.13. The number of carbonyl (C=O) groups is 4. The Balaban J connectivity index is 1.76. The van der Waals surface area contributed by atoms with E-state index in [1.54, 1.807) is 48.5 Å². The Kier molecular flexibility index (Phi) is 12.8. The molecular weight excluding hydrogens is 703 g/mol. The van der Waals surface area contributed by atoms with Crippen molar-refractivity contribution in [2.24, 2.45) is 5.92 Å². The van der Waals surface area contributed by atoms with Crippen molar-refractivity contribution in [1.29, 1.82) is 0 Å². The van der Waals surface area contributed by atoms with Crippen molar-refractivity contribution in [3.8, 4) is 0 Å². The molecule has 0 aliphatic carbocycles. The monoisotopic (exact) mass is 759 g/mol. The summed E-state index contributed by atoms with van der Waals surface area (Å²) in [6, 6.07) is 19.9. The van der Waals surface area contributed by atoms with Crippen LogP contribution in [0.2, 0.25) is 5.04 Å². The number of aromatic nitrogens is 2. The lowest BCUT2D eigenvalue weighted by Crippen LogP contribution is -2.66. The van der Waals surface area contributed by atoms with E-state index < -0.39 is 49.4 Å². The summed E-state index contributed by atoms with van der Waals surface area (Å²) in [7, 11) is -2.98. The van der Waals surface area contributed by atoms with Gasteiger partial charge in [-0.25, -0.2) is 9.59 Å². The van der Waals surface area contributed by atoms with Crippen molar-refractivity contribution < 1.29 is 37.8 Å². The number of hydrogen-bond acceptors (Lipinski definition) is 9. The number of ether oxygens (including phenoxy) is 3. The lowest BCUT2D eigenvalue weighted by molar-refractivity contribution is -0.146. The summed E-state index contributed by atoms with van der Waals surface area (Å²) in [5.74, 6) is -2.86. The Hall–Kier alpha value is -4.55. The number of benzene rings is 2. The van der Waals surface area contributed by atoms with Crippen LogP contribution in [0.15, 0.2) is 72.8 Å². The van der Waals surface area contributed by atoms with E-state index in [0.29, 0.717) is 16.8 Å². The Labute approximate surface area is 321 Å². The zero-order valence-corrected chi connectivity index (χ0v) is 34.8. The number of fused-ring (bicyclic) bond motifs is 1. The van der Waals surface area contributed by atoms with Gasteiger partial charge in [-0.15, -0.1) is 0 Å². The van der Waals surface area contributed by atoms with Crippen molar-refractivity contribution in [3.05, 3.63) is 89.8 Å². The Morgan fingerprint density at radius 2 is 1.37 bits per heavy atom. The average Bonchev–Trinajstić information content (AvgIpc) is 3.44. The molecule has 11 nitrogen and oxygen atoms in total. The van der Waals surface area contributed by atoms with Crippen molar-refractivity contribution in [3.63, 3.8) is 0 Å². The number of amides is 1. The summed E-state index contributed by atoms with van der Waals surface area (Å²) in [6.45, 7) is 24.8. The maximum absolute atomic E-state index is 14.8. The van der Waals surface area contributed by atoms with Crippen LogP contribution in [-0.2, 0) is 36.4 Å². The molecule has 1 aliphatic heterocycles. The zero-order chi connectivity index (χ0) is 40.2. The van der Waals surface area contributed by atoms with Gasteiger partial charge in [0.1, 0.15) is 22.8 Å². The van der Waals surface area contributed by atoms with E-state index in [1.165, 1.54) is 4.90 Å². The van der Waals surface area contributed by atoms with Crippen LogP contribution in [0.5, 0.6) is 0 Å². The highest BCUT2D eigenvalue weighted by Gasteiger charge is 2.50. The minimum atomic E-state index is -2.98. The smallest absolute Gasteiger partial charge is 0.435 e. The molecular formula is C42H57N3O8Si. The summed E-state index contributed by atoms with van der Waals surface area (Å²) < 4.78 is 24.8. The molecule has 2 atom stereocenters. The number of esters is 1. The van der Waals surface area contributed by atoms with Gasteiger partial charge in [-0.2, -0.15) is 9.78 Å². The molecule has 0 bridgehead atoms. The molecule has 0 radical (unpaired) electrons. The van der Waals surface area contributed by atoms with Crippen LogP contribution in [0.3, 0.4) is 0 Å². The van der Waals surface area contributed by atoms with E-state index in [1.807, 2.05) is 43.3 Å². The number of ketones is 1. The molecule has 1 aromatic heterocycles. The van der Waals surface area contributed by atoms with Crippen LogP contribution in [0.4, 0.5) is 9.59 Å². The van der Waals surface area contributed by atoms with Crippen LogP contribution >= 0.6 is 0 Å². The quantitative estimate of drug-likeness (QED) is 0.0497. The van der Waals surface area contributed by atoms with Gasteiger partial charge in [0.25, 0.3) is 8.32 Å². The largest absolute Gasteiger partial charge is 0.465 e. The van der Waals surface area contributed by atoms with Gasteiger partial charge in [-0.3, -0.25) is 9.59 Å². The predicted octanol–water partition coefficient (Wildman–Crippen LogP) is 7.23. The molecule has 0 N–H and O–H groups in total. The van der Waals surface area contributed by atoms with Gasteiger partial charge in [0, 0.05) is 18.0 Å². The van der Waals surface area contributed by atoms with E-state index in [2.05, 4.69) is 56.7 Å². The normalized spacial score (nSPS) is 15.5. The molecule has 2 heterocycles. The first-order chi connectivity index (χ1) is 25.1. The van der Waals surface area contributed by atoms with E-state index in [0.717, 1.165) is 15.1 Å². The van der Waals surface area contributed by atoms with Crippen molar-refractivity contribution >= 4 is 42.6 Å². The third kappa shape index (κ3) is 9.57. The second-order valence-electron chi connectivity index (χ2n) is 16.9. The second-order valence-corrected chi connectivity index (χ2v) is 21.2. The molecule has 4 rings (SSSR count). The highest BCUT2D eigenvalue weighted by atomic mass is 28.4. The maximum atomic E-state index is 14.8. The topological polar surface area (TPSA) is 126 Å². The van der Waals surface area contributed by atoms with E-state index in [9.17, 15) is 19.2 Å². The van der Waals surface area contributed by atoms with Crippen molar-refractivity contribution in [1.82, 2.24) is 14.7 Å². The maximum Gasteiger partial charge on any atom is 0.435 e. The highest BCUT2D eigenvalue weighted by molar-refractivity contribution is 6.99. The van der Waals surface area contributed by atoms with Crippen LogP contribution in [0.1, 0.15) is 104 Å². The van der Waals surface area contributed by atoms with E-state index in [4.69, 9.17) is 18.6 Å². The third-order valence-corrected chi connectivity index (χ3v) is 14.1. The molecule has 12 heteroatoms. The summed E-state index contributed by atoms with van der Waals surface area (Å²) in [5.41, 5.74) is -0.518. The Morgan fingerprint density at radius 3 is 1.85 bits per heavy atom. The second kappa shape index (κ2) is 16.4. The van der Waals surface area contributed by atoms with Crippen LogP contribution in [-0.4, -0.2) is 77.4 Å². The first kappa shape index (κ1) is 42.2. The number of carbonyl (C=O) groups excluding carboxylic acids is 4. The minimum Gasteiger partial charge on any atom is -0.465 e. The first-order valence-corrected chi connectivity index (χ1v) is 20.5. The molecule has 0 saturated carbocycles. The molecule has 0 spiro atoms. The van der Waals surface area contributed by atoms with Gasteiger partial charge in [-0.05, 0) is 77.2 Å². The first-order valence-electron chi connectivity index (χ1n) is 18.6. The number of rotatable bonds is 11. The lowest BCUT2D eigenvalue weighted by atomic mass is 9.90. The number of nitrogens with zero attached hydrogens (tertiary/aromatic N) is 3. The van der Waals surface area contributed by atoms with E-state index in [-0.39, 0.29) is 49.4 Å². The fourth-order valence-corrected chi connectivity index (χ4v) is 11.4. The van der Waals surface area contributed by atoms with Crippen LogP contribution in [0, 0.1) is 5.92 Å². The van der Waals surface area contributed by atoms with Gasteiger partial charge < -0.3 is 23.5 Å². The van der Waals surface area contributed by atoms with Gasteiger partial charge in [0.15, 0.2) is 5.78 Å². The van der Waals surface area contributed by atoms with Gasteiger partial charge in [0.05, 0.1) is 25.5 Å².